The first-order chi connectivity index (χ1) is 17.5. The molecule has 0 fully saturated rings. The number of hydrogen-bond donors (Lipinski definition) is 3. The number of benzene rings is 2. The topological polar surface area (TPSA) is 104 Å². The second-order valence-electron chi connectivity index (χ2n) is 10.9. The summed E-state index contributed by atoms with van der Waals surface area (Å²) in [6.07, 6.45) is 3.60. The average molecular weight is 501 g/mol. The number of H-pyrrole nitrogens is 1. The van der Waals surface area contributed by atoms with Crippen LogP contribution in [0.2, 0.25) is 0 Å². The summed E-state index contributed by atoms with van der Waals surface area (Å²) < 4.78 is 6.38. The number of nitrogens with two attached hydrogens (primary N) is 1. The van der Waals surface area contributed by atoms with Crippen LogP contribution in [0.3, 0.4) is 0 Å². The number of aromatic amines is 1. The normalized spacial score (nSPS) is 12.6. The van der Waals surface area contributed by atoms with Crippen molar-refractivity contribution in [1.29, 1.82) is 5.26 Å². The highest BCUT2D eigenvalue weighted by Crippen LogP contribution is 2.39. The van der Waals surface area contributed by atoms with Gasteiger partial charge in [0, 0.05) is 23.0 Å². The molecule has 0 aliphatic carbocycles. The van der Waals surface area contributed by atoms with Crippen LogP contribution in [0.4, 0.5) is 11.5 Å². The van der Waals surface area contributed by atoms with Crippen molar-refractivity contribution in [2.75, 3.05) is 11.1 Å². The second-order valence-corrected chi connectivity index (χ2v) is 10.9. The number of hydrogen-bond acceptors (Lipinski definition) is 4. The molecular weight excluding hydrogens is 460 g/mol. The van der Waals surface area contributed by atoms with Gasteiger partial charge < -0.3 is 20.8 Å². The third-order valence-electron chi connectivity index (χ3n) is 7.68. The lowest BCUT2D eigenvalue weighted by Crippen LogP contribution is -2.33. The molecule has 3 aromatic rings. The molecule has 0 saturated carbocycles. The summed E-state index contributed by atoms with van der Waals surface area (Å²) in [5.41, 5.74) is 10.8. The molecule has 37 heavy (non-hydrogen) atoms. The van der Waals surface area contributed by atoms with Crippen molar-refractivity contribution in [3.63, 3.8) is 0 Å². The Kier molecular flexibility index (Phi) is 8.38. The number of anilines is 2. The molecule has 0 aliphatic rings. The highest BCUT2D eigenvalue weighted by atomic mass is 16.5. The van der Waals surface area contributed by atoms with Gasteiger partial charge in [-0.2, -0.15) is 5.26 Å². The maximum Gasteiger partial charge on any atom is 0.265 e. The maximum absolute atomic E-state index is 13.2. The van der Waals surface area contributed by atoms with Gasteiger partial charge in [0.05, 0.1) is 0 Å². The first kappa shape index (κ1) is 27.9. The van der Waals surface area contributed by atoms with E-state index in [1.165, 1.54) is 5.56 Å². The van der Waals surface area contributed by atoms with Gasteiger partial charge in [0.15, 0.2) is 6.10 Å². The number of nitrogen functional groups attached to an aromatic ring is 1. The third-order valence-corrected chi connectivity index (χ3v) is 7.68. The average Bonchev–Trinajstić information content (AvgIpc) is 3.27. The first-order valence-corrected chi connectivity index (χ1v) is 13.1. The van der Waals surface area contributed by atoms with Gasteiger partial charge in [0.25, 0.3) is 5.91 Å². The van der Waals surface area contributed by atoms with E-state index in [2.05, 4.69) is 70.0 Å². The number of nitriles is 1. The lowest BCUT2D eigenvalue weighted by atomic mass is 9.76. The fourth-order valence-electron chi connectivity index (χ4n) is 4.20. The molecule has 0 bridgehead atoms. The zero-order valence-corrected chi connectivity index (χ0v) is 23.2. The van der Waals surface area contributed by atoms with E-state index >= 15 is 0 Å². The number of carbonyl (C=O) groups excluding carboxylic acids is 1. The molecule has 0 spiro atoms. The molecular formula is C31H40N4O2. The summed E-state index contributed by atoms with van der Waals surface area (Å²) in [5, 5.41) is 12.3. The number of nitrogens with one attached hydrogen (secondary N) is 2. The molecule has 1 unspecified atom stereocenters. The Labute approximate surface area is 221 Å². The van der Waals surface area contributed by atoms with Crippen molar-refractivity contribution in [3.8, 4) is 22.9 Å². The minimum Gasteiger partial charge on any atom is -0.480 e. The molecule has 6 heteroatoms. The number of rotatable bonds is 10. The van der Waals surface area contributed by atoms with Crippen LogP contribution in [0.1, 0.15) is 84.4 Å². The number of carbonyl (C=O) groups is 1. The highest BCUT2D eigenvalue weighted by molar-refractivity contribution is 5.94. The molecule has 0 saturated heterocycles. The van der Waals surface area contributed by atoms with Gasteiger partial charge in [-0.05, 0) is 59.4 Å². The summed E-state index contributed by atoms with van der Waals surface area (Å²) in [6, 6.07) is 15.9. The molecule has 0 radical (unpaired) electrons. The van der Waals surface area contributed by atoms with Crippen molar-refractivity contribution in [2.24, 2.45) is 0 Å². The zero-order valence-electron chi connectivity index (χ0n) is 23.2. The summed E-state index contributed by atoms with van der Waals surface area (Å²) in [6.45, 7) is 15.3. The Hall–Kier alpha value is -3.72. The zero-order chi connectivity index (χ0) is 27.4. The van der Waals surface area contributed by atoms with E-state index in [1.54, 1.807) is 6.20 Å². The second kappa shape index (κ2) is 11.1. The smallest absolute Gasteiger partial charge is 0.265 e. The Bertz CT molecular complexity index is 1280. The van der Waals surface area contributed by atoms with Gasteiger partial charge in [-0.1, -0.05) is 72.7 Å². The Morgan fingerprint density at radius 2 is 1.70 bits per heavy atom. The van der Waals surface area contributed by atoms with Crippen LogP contribution < -0.4 is 15.8 Å². The van der Waals surface area contributed by atoms with Crippen molar-refractivity contribution < 1.29 is 9.53 Å². The van der Waals surface area contributed by atoms with Gasteiger partial charge in [0.1, 0.15) is 23.2 Å². The van der Waals surface area contributed by atoms with Crippen LogP contribution >= 0.6 is 0 Å². The van der Waals surface area contributed by atoms with Crippen molar-refractivity contribution in [3.05, 3.63) is 65.4 Å². The van der Waals surface area contributed by atoms with Gasteiger partial charge in [0.2, 0.25) is 0 Å². The van der Waals surface area contributed by atoms with Crippen molar-refractivity contribution in [1.82, 2.24) is 4.98 Å². The van der Waals surface area contributed by atoms with E-state index in [0.717, 1.165) is 35.3 Å². The summed E-state index contributed by atoms with van der Waals surface area (Å²) in [4.78, 5) is 16.1. The Morgan fingerprint density at radius 3 is 2.27 bits per heavy atom. The third kappa shape index (κ3) is 5.99. The van der Waals surface area contributed by atoms with Crippen LogP contribution in [0.25, 0.3) is 11.1 Å². The fraction of sp³-hybridized carbons (Fsp3) is 0.419. The molecule has 3 rings (SSSR count). The molecule has 6 nitrogen and oxygen atoms in total. The van der Waals surface area contributed by atoms with Crippen LogP contribution in [-0.4, -0.2) is 17.0 Å². The van der Waals surface area contributed by atoms with E-state index in [4.69, 9.17) is 10.5 Å². The largest absolute Gasteiger partial charge is 0.480 e. The highest BCUT2D eigenvalue weighted by Gasteiger charge is 2.29. The quantitative estimate of drug-likeness (QED) is 0.271. The van der Waals surface area contributed by atoms with E-state index in [0.29, 0.717) is 23.5 Å². The molecule has 1 aromatic heterocycles. The molecule has 2 aromatic carbocycles. The molecule has 0 aliphatic heterocycles. The van der Waals surface area contributed by atoms with Crippen molar-refractivity contribution >= 4 is 17.4 Å². The number of aromatic nitrogens is 1. The molecule has 1 amide bonds. The number of ether oxygens (including phenoxy) is 1. The summed E-state index contributed by atoms with van der Waals surface area (Å²) >= 11 is 0. The first-order valence-electron chi connectivity index (χ1n) is 13.1. The lowest BCUT2D eigenvalue weighted by molar-refractivity contribution is -0.122. The van der Waals surface area contributed by atoms with Crippen LogP contribution in [-0.2, 0) is 15.6 Å². The Morgan fingerprint density at radius 1 is 1.05 bits per heavy atom. The molecule has 4 N–H and O–H groups in total. The van der Waals surface area contributed by atoms with E-state index in [9.17, 15) is 10.1 Å². The van der Waals surface area contributed by atoms with Crippen LogP contribution in [0, 0.1) is 11.3 Å². The maximum atomic E-state index is 13.2. The molecule has 1 heterocycles. The van der Waals surface area contributed by atoms with Gasteiger partial charge in [-0.3, -0.25) is 4.79 Å². The van der Waals surface area contributed by atoms with Gasteiger partial charge >= 0.3 is 0 Å². The van der Waals surface area contributed by atoms with E-state index in [-0.39, 0.29) is 16.7 Å². The van der Waals surface area contributed by atoms with Gasteiger partial charge in [-0.15, -0.1) is 0 Å². The predicted molar refractivity (Wildman–Crippen MR) is 152 cm³/mol. The van der Waals surface area contributed by atoms with Crippen molar-refractivity contribution in [2.45, 2.75) is 84.7 Å². The fourth-order valence-corrected chi connectivity index (χ4v) is 4.20. The summed E-state index contributed by atoms with van der Waals surface area (Å²) in [5.74, 6) is 0.903. The minimum absolute atomic E-state index is 0.0604. The van der Waals surface area contributed by atoms with E-state index in [1.807, 2.05) is 37.3 Å². The van der Waals surface area contributed by atoms with E-state index < -0.39 is 6.10 Å². The molecule has 1 atom stereocenters. The predicted octanol–water partition coefficient (Wildman–Crippen LogP) is 7.31. The van der Waals surface area contributed by atoms with Gasteiger partial charge in [-0.25, -0.2) is 0 Å². The Balaban J connectivity index is 1.82. The number of nitrogens with zero attached hydrogens (tertiary/aromatic N) is 1. The number of amides is 1. The standard InChI is InChI=1S/C31H40N4O2/c1-8-26(37-27-16-13-21(30(4,5)9-2)17-25(27)31(6,7)10-3)29(36)35-22-14-11-20(12-15-22)24-19-34-28(33)23(24)18-32/h11-17,19,26,34H,8-10,33H2,1-7H3,(H,35,36). The summed E-state index contributed by atoms with van der Waals surface area (Å²) in [7, 11) is 0. The monoisotopic (exact) mass is 500 g/mol. The van der Waals surface area contributed by atoms with Crippen LogP contribution in [0.15, 0.2) is 48.7 Å². The molecule has 196 valence electrons. The lowest BCUT2D eigenvalue weighted by Gasteiger charge is -2.31. The van der Waals surface area contributed by atoms with Crippen LogP contribution in [0.5, 0.6) is 5.75 Å². The SMILES string of the molecule is CCC(Oc1ccc(C(C)(C)CC)cc1C(C)(C)CC)C(=O)Nc1ccc(-c2c[nH]c(N)c2C#N)cc1. The minimum atomic E-state index is -0.634.